The summed E-state index contributed by atoms with van der Waals surface area (Å²) in [6, 6.07) is 0.581. The van der Waals surface area contributed by atoms with Crippen LogP contribution in [0.15, 0.2) is 12.7 Å². The first-order valence-electron chi connectivity index (χ1n) is 4.30. The zero-order valence-electron chi connectivity index (χ0n) is 7.18. The van der Waals surface area contributed by atoms with E-state index in [0.717, 1.165) is 13.2 Å². The number of rotatable bonds is 4. The molecule has 0 amide bonds. The molecular weight excluding hydrogens is 138 g/mol. The highest BCUT2D eigenvalue weighted by molar-refractivity contribution is 4.78. The van der Waals surface area contributed by atoms with Gasteiger partial charge in [0, 0.05) is 6.04 Å². The van der Waals surface area contributed by atoms with E-state index in [2.05, 4.69) is 11.9 Å². The number of ether oxygens (including phenoxy) is 1. The molecule has 1 aliphatic heterocycles. The average Bonchev–Trinajstić information content (AvgIpc) is 2.52. The fourth-order valence-electron chi connectivity index (χ4n) is 1.23. The smallest absolute Gasteiger partial charge is 0.0725 e. The summed E-state index contributed by atoms with van der Waals surface area (Å²) in [5.41, 5.74) is 0. The first kappa shape index (κ1) is 8.75. The maximum absolute atomic E-state index is 5.49. The zero-order valence-corrected chi connectivity index (χ0v) is 7.18. The largest absolute Gasteiger partial charge is 0.373 e. The third kappa shape index (κ3) is 3.04. The van der Waals surface area contributed by atoms with E-state index in [1.165, 1.54) is 12.8 Å². The molecule has 1 aliphatic rings. The molecule has 11 heavy (non-hydrogen) atoms. The van der Waals surface area contributed by atoms with Crippen LogP contribution in [0.4, 0.5) is 0 Å². The van der Waals surface area contributed by atoms with E-state index < -0.39 is 0 Å². The van der Waals surface area contributed by atoms with Gasteiger partial charge in [0.1, 0.15) is 0 Å². The Morgan fingerprint density at radius 3 is 3.18 bits per heavy atom. The molecule has 1 fully saturated rings. The monoisotopic (exact) mass is 155 g/mol. The highest BCUT2D eigenvalue weighted by Gasteiger charge is 2.14. The summed E-state index contributed by atoms with van der Waals surface area (Å²) in [6.07, 6.45) is 4.56. The Balaban J connectivity index is 2.06. The Hall–Kier alpha value is -0.340. The van der Waals surface area contributed by atoms with Crippen molar-refractivity contribution < 1.29 is 4.74 Å². The predicted molar refractivity (Wildman–Crippen MR) is 46.6 cm³/mol. The second-order valence-corrected chi connectivity index (χ2v) is 3.07. The molecule has 2 heteroatoms. The fourth-order valence-corrected chi connectivity index (χ4v) is 1.23. The Bertz CT molecular complexity index is 119. The van der Waals surface area contributed by atoms with Gasteiger partial charge in [-0.2, -0.15) is 0 Å². The normalized spacial score (nSPS) is 26.8. The van der Waals surface area contributed by atoms with Crippen molar-refractivity contribution in [2.24, 2.45) is 0 Å². The van der Waals surface area contributed by atoms with E-state index in [-0.39, 0.29) is 6.10 Å². The van der Waals surface area contributed by atoms with Crippen LogP contribution >= 0.6 is 0 Å². The number of nitrogens with one attached hydrogen (secondary N) is 1. The molecular formula is C9H17NO. The van der Waals surface area contributed by atoms with Gasteiger partial charge < -0.3 is 10.1 Å². The minimum absolute atomic E-state index is 0.192. The van der Waals surface area contributed by atoms with Crippen molar-refractivity contribution in [3.63, 3.8) is 0 Å². The Morgan fingerprint density at radius 1 is 1.82 bits per heavy atom. The van der Waals surface area contributed by atoms with Crippen LogP contribution in [0.1, 0.15) is 19.8 Å². The van der Waals surface area contributed by atoms with Gasteiger partial charge in [-0.05, 0) is 26.3 Å². The molecule has 0 aliphatic carbocycles. The fraction of sp³-hybridized carbons (Fsp3) is 0.778. The summed E-state index contributed by atoms with van der Waals surface area (Å²) in [4.78, 5) is 0. The van der Waals surface area contributed by atoms with Crippen molar-refractivity contribution in [2.45, 2.75) is 31.9 Å². The lowest BCUT2D eigenvalue weighted by molar-refractivity contribution is 0.0823. The van der Waals surface area contributed by atoms with E-state index >= 15 is 0 Å². The van der Waals surface area contributed by atoms with Crippen molar-refractivity contribution in [3.8, 4) is 0 Å². The van der Waals surface area contributed by atoms with Gasteiger partial charge in [0.2, 0.25) is 0 Å². The minimum atomic E-state index is 0.192. The molecule has 0 aromatic rings. The van der Waals surface area contributed by atoms with Crippen molar-refractivity contribution in [2.75, 3.05) is 13.2 Å². The summed E-state index contributed by atoms with van der Waals surface area (Å²) in [7, 11) is 0. The molecule has 2 atom stereocenters. The topological polar surface area (TPSA) is 21.3 Å². The van der Waals surface area contributed by atoms with Crippen LogP contribution in [-0.2, 0) is 4.74 Å². The summed E-state index contributed by atoms with van der Waals surface area (Å²) < 4.78 is 5.49. The van der Waals surface area contributed by atoms with Crippen LogP contribution in [0.25, 0.3) is 0 Å². The SMILES string of the molecule is C=CC(C)OCC1CCCN1. The second kappa shape index (κ2) is 4.52. The van der Waals surface area contributed by atoms with Crippen molar-refractivity contribution in [1.82, 2.24) is 5.32 Å². The van der Waals surface area contributed by atoms with Crippen molar-refractivity contribution >= 4 is 0 Å². The maximum atomic E-state index is 5.49. The predicted octanol–water partition coefficient (Wildman–Crippen LogP) is 1.33. The first-order valence-corrected chi connectivity index (χ1v) is 4.30. The third-order valence-electron chi connectivity index (χ3n) is 2.05. The quantitative estimate of drug-likeness (QED) is 0.618. The lowest BCUT2D eigenvalue weighted by Gasteiger charge is -2.13. The molecule has 0 aromatic heterocycles. The average molecular weight is 155 g/mol. The molecule has 0 saturated carbocycles. The van der Waals surface area contributed by atoms with Crippen LogP contribution in [0.2, 0.25) is 0 Å². The van der Waals surface area contributed by atoms with E-state index in [9.17, 15) is 0 Å². The minimum Gasteiger partial charge on any atom is -0.373 e. The van der Waals surface area contributed by atoms with Gasteiger partial charge in [0.25, 0.3) is 0 Å². The van der Waals surface area contributed by atoms with E-state index in [0.29, 0.717) is 6.04 Å². The van der Waals surface area contributed by atoms with Crippen molar-refractivity contribution in [1.29, 1.82) is 0 Å². The molecule has 2 nitrogen and oxygen atoms in total. The lowest BCUT2D eigenvalue weighted by Crippen LogP contribution is -2.28. The van der Waals surface area contributed by atoms with Crippen LogP contribution in [-0.4, -0.2) is 25.3 Å². The molecule has 1 saturated heterocycles. The summed E-state index contributed by atoms with van der Waals surface area (Å²) in [5, 5.41) is 3.38. The van der Waals surface area contributed by atoms with E-state index in [1.54, 1.807) is 0 Å². The summed E-state index contributed by atoms with van der Waals surface area (Å²) in [6.45, 7) is 7.65. The Morgan fingerprint density at radius 2 is 2.64 bits per heavy atom. The van der Waals surface area contributed by atoms with E-state index in [1.807, 2.05) is 13.0 Å². The number of hydrogen-bond acceptors (Lipinski definition) is 2. The van der Waals surface area contributed by atoms with Gasteiger partial charge in [0.15, 0.2) is 0 Å². The molecule has 0 radical (unpaired) electrons. The van der Waals surface area contributed by atoms with Gasteiger partial charge in [-0.1, -0.05) is 6.08 Å². The number of hydrogen-bond donors (Lipinski definition) is 1. The highest BCUT2D eigenvalue weighted by atomic mass is 16.5. The van der Waals surface area contributed by atoms with E-state index in [4.69, 9.17) is 4.74 Å². The Labute approximate surface area is 68.6 Å². The first-order chi connectivity index (χ1) is 5.33. The van der Waals surface area contributed by atoms with Gasteiger partial charge in [-0.15, -0.1) is 6.58 Å². The Kier molecular flexibility index (Phi) is 3.60. The summed E-state index contributed by atoms with van der Waals surface area (Å²) in [5.74, 6) is 0. The molecule has 1 N–H and O–H groups in total. The van der Waals surface area contributed by atoms with Gasteiger partial charge in [0.05, 0.1) is 12.7 Å². The molecule has 1 rings (SSSR count). The van der Waals surface area contributed by atoms with Gasteiger partial charge >= 0.3 is 0 Å². The van der Waals surface area contributed by atoms with Crippen LogP contribution in [0.5, 0.6) is 0 Å². The molecule has 0 aromatic carbocycles. The maximum Gasteiger partial charge on any atom is 0.0725 e. The van der Waals surface area contributed by atoms with Crippen LogP contribution < -0.4 is 5.32 Å². The second-order valence-electron chi connectivity index (χ2n) is 3.07. The molecule has 1 heterocycles. The lowest BCUT2D eigenvalue weighted by atomic mass is 10.2. The standard InChI is InChI=1S/C9H17NO/c1-3-8(2)11-7-9-5-4-6-10-9/h3,8-10H,1,4-7H2,2H3. The van der Waals surface area contributed by atoms with Crippen molar-refractivity contribution in [3.05, 3.63) is 12.7 Å². The molecule has 2 unspecified atom stereocenters. The molecule has 64 valence electrons. The van der Waals surface area contributed by atoms with Crippen LogP contribution in [0.3, 0.4) is 0 Å². The molecule has 0 bridgehead atoms. The molecule has 0 spiro atoms. The third-order valence-corrected chi connectivity index (χ3v) is 2.05. The zero-order chi connectivity index (χ0) is 8.10. The highest BCUT2D eigenvalue weighted by Crippen LogP contribution is 2.06. The van der Waals surface area contributed by atoms with Gasteiger partial charge in [-0.25, -0.2) is 0 Å². The van der Waals surface area contributed by atoms with Crippen LogP contribution in [0, 0.1) is 0 Å². The van der Waals surface area contributed by atoms with Gasteiger partial charge in [-0.3, -0.25) is 0 Å². The summed E-state index contributed by atoms with van der Waals surface area (Å²) >= 11 is 0.